The van der Waals surface area contributed by atoms with Gasteiger partial charge in [-0.2, -0.15) is 0 Å². The summed E-state index contributed by atoms with van der Waals surface area (Å²) in [5, 5.41) is 3.53. The van der Waals surface area contributed by atoms with Crippen molar-refractivity contribution in [2.24, 2.45) is 11.8 Å². The van der Waals surface area contributed by atoms with Gasteiger partial charge in [-0.15, -0.1) is 0 Å². The second-order valence-electron chi connectivity index (χ2n) is 6.46. The zero-order chi connectivity index (χ0) is 15.7. The van der Waals surface area contributed by atoms with Gasteiger partial charge in [0.2, 0.25) is 0 Å². The minimum Gasteiger partial charge on any atom is -0.379 e. The molecule has 0 bridgehead atoms. The normalized spacial score (nSPS) is 13.1. The van der Waals surface area contributed by atoms with E-state index in [9.17, 15) is 4.39 Å². The van der Waals surface area contributed by atoms with Crippen molar-refractivity contribution in [3.05, 3.63) is 35.6 Å². The average Bonchev–Trinajstić information content (AvgIpc) is 2.40. The summed E-state index contributed by atoms with van der Waals surface area (Å²) in [6.45, 7) is 11.3. The molecular formula is C18H30FNO. The molecule has 1 atom stereocenters. The quantitative estimate of drug-likeness (QED) is 0.703. The van der Waals surface area contributed by atoms with Crippen LogP contribution in [0, 0.1) is 17.7 Å². The van der Waals surface area contributed by atoms with E-state index in [1.165, 1.54) is 5.56 Å². The fourth-order valence-corrected chi connectivity index (χ4v) is 2.28. The van der Waals surface area contributed by atoms with Crippen LogP contribution in [0.5, 0.6) is 0 Å². The molecule has 0 fully saturated rings. The third-order valence-electron chi connectivity index (χ3n) is 3.40. The van der Waals surface area contributed by atoms with Crippen LogP contribution in [0.2, 0.25) is 0 Å². The highest BCUT2D eigenvalue weighted by molar-refractivity contribution is 5.16. The molecule has 1 rings (SSSR count). The van der Waals surface area contributed by atoms with Gasteiger partial charge in [0, 0.05) is 6.61 Å². The predicted molar refractivity (Wildman–Crippen MR) is 87.0 cm³/mol. The van der Waals surface area contributed by atoms with Crippen LogP contribution in [0.15, 0.2) is 24.3 Å². The highest BCUT2D eigenvalue weighted by Crippen LogP contribution is 2.13. The Bertz CT molecular complexity index is 361. The van der Waals surface area contributed by atoms with Gasteiger partial charge in [0.1, 0.15) is 5.82 Å². The van der Waals surface area contributed by atoms with Crippen molar-refractivity contribution < 1.29 is 9.13 Å². The zero-order valence-electron chi connectivity index (χ0n) is 13.9. The highest BCUT2D eigenvalue weighted by Gasteiger charge is 2.11. The first-order valence-electron chi connectivity index (χ1n) is 8.04. The maximum absolute atomic E-state index is 13.0. The highest BCUT2D eigenvalue weighted by atomic mass is 19.1. The van der Waals surface area contributed by atoms with Crippen molar-refractivity contribution >= 4 is 0 Å². The van der Waals surface area contributed by atoms with Crippen molar-refractivity contribution in [2.75, 3.05) is 19.7 Å². The van der Waals surface area contributed by atoms with E-state index in [1.54, 1.807) is 12.1 Å². The van der Waals surface area contributed by atoms with E-state index in [0.717, 1.165) is 32.5 Å². The van der Waals surface area contributed by atoms with Crippen molar-refractivity contribution in [3.63, 3.8) is 0 Å². The molecule has 0 spiro atoms. The van der Waals surface area contributed by atoms with Crippen LogP contribution in [0.4, 0.5) is 4.39 Å². The molecular weight excluding hydrogens is 265 g/mol. The Morgan fingerprint density at radius 3 is 2.29 bits per heavy atom. The smallest absolute Gasteiger partial charge is 0.123 e. The van der Waals surface area contributed by atoms with Crippen molar-refractivity contribution in [1.29, 1.82) is 0 Å². The van der Waals surface area contributed by atoms with E-state index >= 15 is 0 Å². The van der Waals surface area contributed by atoms with Crippen molar-refractivity contribution in [1.82, 2.24) is 5.32 Å². The summed E-state index contributed by atoms with van der Waals surface area (Å²) in [5.74, 6) is 1.01. The zero-order valence-corrected chi connectivity index (χ0v) is 13.9. The van der Waals surface area contributed by atoms with E-state index in [2.05, 4.69) is 33.0 Å². The number of benzene rings is 1. The minimum atomic E-state index is -0.170. The van der Waals surface area contributed by atoms with Gasteiger partial charge >= 0.3 is 0 Å². The molecule has 120 valence electrons. The minimum absolute atomic E-state index is 0.170. The molecule has 1 N–H and O–H groups in total. The van der Waals surface area contributed by atoms with Crippen LogP contribution < -0.4 is 5.32 Å². The number of hydrogen-bond donors (Lipinski definition) is 1. The molecule has 0 aromatic heterocycles. The molecule has 1 aromatic rings. The Balaban J connectivity index is 2.47. The molecule has 0 aliphatic rings. The van der Waals surface area contributed by atoms with Crippen molar-refractivity contribution in [3.8, 4) is 0 Å². The molecule has 0 aliphatic heterocycles. The Morgan fingerprint density at radius 2 is 1.71 bits per heavy atom. The second-order valence-corrected chi connectivity index (χ2v) is 6.46. The molecule has 1 unspecified atom stereocenters. The van der Waals surface area contributed by atoms with E-state index in [4.69, 9.17) is 4.74 Å². The van der Waals surface area contributed by atoms with Gasteiger partial charge in [-0.05, 0) is 69.3 Å². The monoisotopic (exact) mass is 295 g/mol. The third-order valence-corrected chi connectivity index (χ3v) is 3.40. The van der Waals surface area contributed by atoms with E-state index < -0.39 is 0 Å². The van der Waals surface area contributed by atoms with Gasteiger partial charge in [0.05, 0.1) is 6.10 Å². The molecule has 0 radical (unpaired) electrons. The van der Waals surface area contributed by atoms with Gasteiger partial charge in [-0.1, -0.05) is 26.0 Å². The SMILES string of the molecule is CC(C)CNCC(CCOC(C)C)Cc1ccc(F)cc1. The van der Waals surface area contributed by atoms with Crippen LogP contribution in [0.3, 0.4) is 0 Å². The first-order valence-corrected chi connectivity index (χ1v) is 8.04. The fourth-order valence-electron chi connectivity index (χ4n) is 2.28. The number of ether oxygens (including phenoxy) is 1. The molecule has 0 amide bonds. The Kier molecular flexibility index (Phi) is 8.55. The van der Waals surface area contributed by atoms with Crippen LogP contribution in [-0.4, -0.2) is 25.8 Å². The number of hydrogen-bond acceptors (Lipinski definition) is 2. The van der Waals surface area contributed by atoms with Crippen LogP contribution in [0.1, 0.15) is 39.7 Å². The largest absolute Gasteiger partial charge is 0.379 e. The molecule has 0 heterocycles. The summed E-state index contributed by atoms with van der Waals surface area (Å²) in [6, 6.07) is 6.85. The molecule has 3 heteroatoms. The summed E-state index contributed by atoms with van der Waals surface area (Å²) in [5.41, 5.74) is 1.19. The van der Waals surface area contributed by atoms with Crippen molar-refractivity contribution in [2.45, 2.75) is 46.6 Å². The Morgan fingerprint density at radius 1 is 1.05 bits per heavy atom. The molecule has 0 saturated carbocycles. The standard InChI is InChI=1S/C18H30FNO/c1-14(2)12-20-13-17(9-10-21-15(3)4)11-16-5-7-18(19)8-6-16/h5-8,14-15,17,20H,9-13H2,1-4H3. The molecule has 0 aliphatic carbocycles. The summed E-state index contributed by atoms with van der Waals surface area (Å²) < 4.78 is 18.6. The Labute approximate surface area is 129 Å². The van der Waals surface area contributed by atoms with Gasteiger partial charge in [-0.3, -0.25) is 0 Å². The Hall–Kier alpha value is -0.930. The van der Waals surface area contributed by atoms with E-state index in [1.807, 2.05) is 12.1 Å². The van der Waals surface area contributed by atoms with Gasteiger partial charge in [0.25, 0.3) is 0 Å². The lowest BCUT2D eigenvalue weighted by molar-refractivity contribution is 0.0682. The maximum atomic E-state index is 13.0. The summed E-state index contributed by atoms with van der Waals surface area (Å²) in [4.78, 5) is 0. The number of halogens is 1. The van der Waals surface area contributed by atoms with Gasteiger partial charge in [0.15, 0.2) is 0 Å². The number of nitrogens with one attached hydrogen (secondary N) is 1. The topological polar surface area (TPSA) is 21.3 Å². The molecule has 2 nitrogen and oxygen atoms in total. The first kappa shape index (κ1) is 18.1. The first-order chi connectivity index (χ1) is 9.97. The van der Waals surface area contributed by atoms with Gasteiger partial charge < -0.3 is 10.1 Å². The molecule has 1 aromatic carbocycles. The summed E-state index contributed by atoms with van der Waals surface area (Å²) in [7, 11) is 0. The number of rotatable bonds is 10. The summed E-state index contributed by atoms with van der Waals surface area (Å²) in [6.07, 6.45) is 2.27. The second kappa shape index (κ2) is 9.91. The average molecular weight is 295 g/mol. The third kappa shape index (κ3) is 8.84. The lowest BCUT2D eigenvalue weighted by Crippen LogP contribution is -2.28. The predicted octanol–water partition coefficient (Wildman–Crippen LogP) is 4.05. The van der Waals surface area contributed by atoms with Crippen LogP contribution in [0.25, 0.3) is 0 Å². The van der Waals surface area contributed by atoms with Crippen LogP contribution >= 0.6 is 0 Å². The van der Waals surface area contributed by atoms with Gasteiger partial charge in [-0.25, -0.2) is 4.39 Å². The molecule has 0 saturated heterocycles. The van der Waals surface area contributed by atoms with E-state index in [0.29, 0.717) is 11.8 Å². The lowest BCUT2D eigenvalue weighted by Gasteiger charge is -2.19. The maximum Gasteiger partial charge on any atom is 0.123 e. The summed E-state index contributed by atoms with van der Waals surface area (Å²) >= 11 is 0. The lowest BCUT2D eigenvalue weighted by atomic mass is 9.96. The molecule has 21 heavy (non-hydrogen) atoms. The fraction of sp³-hybridized carbons (Fsp3) is 0.667. The van der Waals surface area contributed by atoms with Crippen LogP contribution in [-0.2, 0) is 11.2 Å². The van der Waals surface area contributed by atoms with E-state index in [-0.39, 0.29) is 11.9 Å².